The standard InChI is InChI=1S/C17H19NO5/c1-11-6-5-7-13(8-11)23-10-12-9-14(16(19)21-3)18(2)15(12)17(20)22-4/h5-9H,10H2,1-4H3. The molecule has 0 aliphatic carbocycles. The fraction of sp³-hybridized carbons (Fsp3) is 0.294. The first-order valence-corrected chi connectivity index (χ1v) is 7.02. The second-order valence-corrected chi connectivity index (χ2v) is 5.05. The van der Waals surface area contributed by atoms with Crippen molar-refractivity contribution in [2.45, 2.75) is 13.5 Å². The van der Waals surface area contributed by atoms with Crippen LogP contribution in [0.4, 0.5) is 0 Å². The molecule has 1 aromatic carbocycles. The van der Waals surface area contributed by atoms with Crippen LogP contribution in [-0.4, -0.2) is 30.7 Å². The van der Waals surface area contributed by atoms with E-state index in [0.29, 0.717) is 11.3 Å². The lowest BCUT2D eigenvalue weighted by Crippen LogP contribution is -2.14. The van der Waals surface area contributed by atoms with Crippen molar-refractivity contribution >= 4 is 11.9 Å². The number of nitrogens with zero attached hydrogens (tertiary/aromatic N) is 1. The zero-order valence-electron chi connectivity index (χ0n) is 13.6. The van der Waals surface area contributed by atoms with Crippen molar-refractivity contribution in [3.8, 4) is 5.75 Å². The van der Waals surface area contributed by atoms with Crippen molar-refractivity contribution in [3.63, 3.8) is 0 Å². The molecule has 0 aliphatic heterocycles. The Kier molecular flexibility index (Phi) is 5.05. The quantitative estimate of drug-likeness (QED) is 0.793. The Bertz CT molecular complexity index is 733. The Morgan fingerprint density at radius 1 is 1.09 bits per heavy atom. The van der Waals surface area contributed by atoms with Gasteiger partial charge in [-0.15, -0.1) is 0 Å². The van der Waals surface area contributed by atoms with E-state index in [1.165, 1.54) is 18.8 Å². The van der Waals surface area contributed by atoms with E-state index in [0.717, 1.165) is 5.56 Å². The third-order valence-corrected chi connectivity index (χ3v) is 3.47. The summed E-state index contributed by atoms with van der Waals surface area (Å²) in [6.07, 6.45) is 0. The molecule has 6 nitrogen and oxygen atoms in total. The maximum Gasteiger partial charge on any atom is 0.355 e. The number of hydrogen-bond donors (Lipinski definition) is 0. The van der Waals surface area contributed by atoms with Crippen molar-refractivity contribution in [2.24, 2.45) is 7.05 Å². The normalized spacial score (nSPS) is 10.3. The molecule has 2 aromatic rings. The van der Waals surface area contributed by atoms with Crippen LogP contribution >= 0.6 is 0 Å². The molecule has 1 heterocycles. The van der Waals surface area contributed by atoms with Gasteiger partial charge in [0.05, 0.1) is 14.2 Å². The third-order valence-electron chi connectivity index (χ3n) is 3.47. The van der Waals surface area contributed by atoms with Gasteiger partial charge in [-0.3, -0.25) is 0 Å². The van der Waals surface area contributed by atoms with Gasteiger partial charge in [0.25, 0.3) is 0 Å². The lowest BCUT2D eigenvalue weighted by molar-refractivity contribution is 0.0579. The molecule has 1 aromatic heterocycles. The average Bonchev–Trinajstić information content (AvgIpc) is 2.88. The number of aromatic nitrogens is 1. The molecular formula is C17H19NO5. The summed E-state index contributed by atoms with van der Waals surface area (Å²) >= 11 is 0. The molecule has 0 atom stereocenters. The van der Waals surface area contributed by atoms with E-state index in [2.05, 4.69) is 0 Å². The second-order valence-electron chi connectivity index (χ2n) is 5.05. The summed E-state index contributed by atoms with van der Waals surface area (Å²) in [5.41, 5.74) is 2.15. The van der Waals surface area contributed by atoms with Crippen molar-refractivity contribution in [3.05, 3.63) is 52.8 Å². The third kappa shape index (κ3) is 3.53. The molecule has 0 unspecified atom stereocenters. The van der Waals surface area contributed by atoms with Gasteiger partial charge in [0.2, 0.25) is 0 Å². The van der Waals surface area contributed by atoms with E-state index in [1.54, 1.807) is 13.1 Å². The second kappa shape index (κ2) is 7.00. The smallest absolute Gasteiger partial charge is 0.355 e. The van der Waals surface area contributed by atoms with Crippen LogP contribution in [0.2, 0.25) is 0 Å². The Balaban J connectivity index is 2.32. The number of ether oxygens (including phenoxy) is 3. The number of hydrogen-bond acceptors (Lipinski definition) is 5. The van der Waals surface area contributed by atoms with E-state index >= 15 is 0 Å². The van der Waals surface area contributed by atoms with E-state index in [9.17, 15) is 9.59 Å². The van der Waals surface area contributed by atoms with Crippen molar-refractivity contribution < 1.29 is 23.8 Å². The van der Waals surface area contributed by atoms with Gasteiger partial charge in [-0.05, 0) is 30.7 Å². The molecule has 0 aliphatic rings. The van der Waals surface area contributed by atoms with E-state index in [1.807, 2.05) is 31.2 Å². The highest BCUT2D eigenvalue weighted by atomic mass is 16.5. The first-order chi connectivity index (χ1) is 11.0. The van der Waals surface area contributed by atoms with E-state index < -0.39 is 11.9 Å². The SMILES string of the molecule is COC(=O)c1cc(COc2cccc(C)c2)c(C(=O)OC)n1C. The predicted molar refractivity (Wildman–Crippen MR) is 83.6 cm³/mol. The Labute approximate surface area is 134 Å². The van der Waals surface area contributed by atoms with Crippen molar-refractivity contribution in [1.29, 1.82) is 0 Å². The minimum absolute atomic E-state index is 0.138. The number of aryl methyl sites for hydroxylation is 1. The maximum absolute atomic E-state index is 12.0. The summed E-state index contributed by atoms with van der Waals surface area (Å²) < 4.78 is 16.7. The number of methoxy groups -OCH3 is 2. The molecule has 0 N–H and O–H groups in total. The van der Waals surface area contributed by atoms with Crippen LogP contribution in [0, 0.1) is 6.92 Å². The monoisotopic (exact) mass is 317 g/mol. The van der Waals surface area contributed by atoms with Gasteiger partial charge in [-0.25, -0.2) is 9.59 Å². The fourth-order valence-electron chi connectivity index (χ4n) is 2.31. The van der Waals surface area contributed by atoms with Gasteiger partial charge in [-0.2, -0.15) is 0 Å². The molecule has 0 saturated heterocycles. The fourth-order valence-corrected chi connectivity index (χ4v) is 2.31. The number of carbonyl (C=O) groups excluding carboxylic acids is 2. The number of benzene rings is 1. The first kappa shape index (κ1) is 16.6. The Morgan fingerprint density at radius 3 is 2.39 bits per heavy atom. The minimum Gasteiger partial charge on any atom is -0.489 e. The lowest BCUT2D eigenvalue weighted by Gasteiger charge is -2.08. The molecule has 0 spiro atoms. The summed E-state index contributed by atoms with van der Waals surface area (Å²) in [5.74, 6) is -0.380. The van der Waals surface area contributed by atoms with Crippen LogP contribution in [0.3, 0.4) is 0 Å². The topological polar surface area (TPSA) is 66.8 Å². The van der Waals surface area contributed by atoms with Crippen molar-refractivity contribution in [1.82, 2.24) is 4.57 Å². The number of carbonyl (C=O) groups is 2. The lowest BCUT2D eigenvalue weighted by atomic mass is 10.2. The zero-order chi connectivity index (χ0) is 17.0. The number of esters is 2. The van der Waals surface area contributed by atoms with Crippen molar-refractivity contribution in [2.75, 3.05) is 14.2 Å². The average molecular weight is 317 g/mol. The van der Waals surface area contributed by atoms with Crippen LogP contribution in [0.1, 0.15) is 32.1 Å². The molecule has 6 heteroatoms. The highest BCUT2D eigenvalue weighted by Gasteiger charge is 2.24. The predicted octanol–water partition coefficient (Wildman–Crippen LogP) is 2.49. The largest absolute Gasteiger partial charge is 0.489 e. The molecule has 122 valence electrons. The first-order valence-electron chi connectivity index (χ1n) is 7.02. The summed E-state index contributed by atoms with van der Waals surface area (Å²) in [6.45, 7) is 2.10. The van der Waals surface area contributed by atoms with Crippen LogP contribution in [0.5, 0.6) is 5.75 Å². The van der Waals surface area contributed by atoms with Gasteiger partial charge >= 0.3 is 11.9 Å². The summed E-state index contributed by atoms with van der Waals surface area (Å²) in [6, 6.07) is 9.15. The van der Waals surface area contributed by atoms with Crippen LogP contribution in [0.25, 0.3) is 0 Å². The molecule has 0 saturated carbocycles. The molecule has 0 fully saturated rings. The van der Waals surface area contributed by atoms with E-state index in [4.69, 9.17) is 14.2 Å². The minimum atomic E-state index is -0.537. The zero-order valence-corrected chi connectivity index (χ0v) is 13.6. The molecule has 2 rings (SSSR count). The van der Waals surface area contributed by atoms with E-state index in [-0.39, 0.29) is 18.0 Å². The summed E-state index contributed by atoms with van der Waals surface area (Å²) in [5, 5.41) is 0. The van der Waals surface area contributed by atoms with Gasteiger partial charge in [-0.1, -0.05) is 12.1 Å². The Hall–Kier alpha value is -2.76. The van der Waals surface area contributed by atoms with Gasteiger partial charge in [0, 0.05) is 12.6 Å². The maximum atomic E-state index is 12.0. The van der Waals surface area contributed by atoms with Gasteiger partial charge in [0.1, 0.15) is 23.7 Å². The van der Waals surface area contributed by atoms with Crippen LogP contribution in [-0.2, 0) is 23.1 Å². The molecule has 23 heavy (non-hydrogen) atoms. The van der Waals surface area contributed by atoms with Gasteiger partial charge < -0.3 is 18.8 Å². The summed E-state index contributed by atoms with van der Waals surface area (Å²) in [7, 11) is 4.18. The summed E-state index contributed by atoms with van der Waals surface area (Å²) in [4.78, 5) is 23.8. The van der Waals surface area contributed by atoms with Crippen LogP contribution in [0.15, 0.2) is 30.3 Å². The Morgan fingerprint density at radius 2 is 1.78 bits per heavy atom. The highest BCUT2D eigenvalue weighted by molar-refractivity contribution is 5.94. The molecule has 0 amide bonds. The molecule has 0 bridgehead atoms. The molecule has 0 radical (unpaired) electrons. The van der Waals surface area contributed by atoms with Gasteiger partial charge in [0.15, 0.2) is 0 Å². The highest BCUT2D eigenvalue weighted by Crippen LogP contribution is 2.20. The molecular weight excluding hydrogens is 298 g/mol. The number of rotatable bonds is 5. The van der Waals surface area contributed by atoms with Crippen LogP contribution < -0.4 is 4.74 Å².